The highest BCUT2D eigenvalue weighted by molar-refractivity contribution is 7.12. The molecule has 1 fully saturated rings. The van der Waals surface area contributed by atoms with Gasteiger partial charge in [-0.1, -0.05) is 0 Å². The molecule has 6 heteroatoms. The van der Waals surface area contributed by atoms with E-state index in [1.54, 1.807) is 17.5 Å². The van der Waals surface area contributed by atoms with Crippen molar-refractivity contribution in [3.63, 3.8) is 0 Å². The van der Waals surface area contributed by atoms with Gasteiger partial charge < -0.3 is 4.90 Å². The molecule has 0 unspecified atom stereocenters. The van der Waals surface area contributed by atoms with Gasteiger partial charge >= 0.3 is 0 Å². The average Bonchev–Trinajstić information content (AvgIpc) is 3.16. The molecule has 1 saturated heterocycles. The standard InChI is InChI=1S/C15H20N4OS/c1-13-11-14(21-12-13)15(20)18-8-5-17(6-9-18)7-10-19-4-2-3-16-19/h2-4,11-12H,5-10H2,1H3. The SMILES string of the molecule is Cc1csc(C(=O)N2CCN(CCn3cccn3)CC2)c1. The summed E-state index contributed by atoms with van der Waals surface area (Å²) < 4.78 is 1.95. The minimum atomic E-state index is 0.180. The minimum Gasteiger partial charge on any atom is -0.335 e. The molecular weight excluding hydrogens is 284 g/mol. The number of aryl methyl sites for hydroxylation is 1. The number of amides is 1. The number of thiophene rings is 1. The van der Waals surface area contributed by atoms with Crippen molar-refractivity contribution in [3.05, 3.63) is 40.3 Å². The van der Waals surface area contributed by atoms with E-state index in [2.05, 4.69) is 10.00 Å². The quantitative estimate of drug-likeness (QED) is 0.863. The Kier molecular flexibility index (Phi) is 4.36. The van der Waals surface area contributed by atoms with Gasteiger partial charge in [-0.2, -0.15) is 5.10 Å². The van der Waals surface area contributed by atoms with Crippen LogP contribution in [0.1, 0.15) is 15.2 Å². The maximum atomic E-state index is 12.4. The summed E-state index contributed by atoms with van der Waals surface area (Å²) in [7, 11) is 0. The lowest BCUT2D eigenvalue weighted by molar-refractivity contribution is 0.0636. The molecule has 1 aliphatic heterocycles. The molecule has 3 heterocycles. The molecule has 0 aliphatic carbocycles. The molecule has 112 valence electrons. The molecule has 3 rings (SSSR count). The van der Waals surface area contributed by atoms with Crippen molar-refractivity contribution in [3.8, 4) is 0 Å². The van der Waals surface area contributed by atoms with Gasteiger partial charge in [-0.3, -0.25) is 14.4 Å². The van der Waals surface area contributed by atoms with Gasteiger partial charge in [-0.05, 0) is 30.0 Å². The number of rotatable bonds is 4. The van der Waals surface area contributed by atoms with Crippen LogP contribution in [-0.4, -0.2) is 58.2 Å². The monoisotopic (exact) mass is 304 g/mol. The topological polar surface area (TPSA) is 41.4 Å². The molecule has 0 radical (unpaired) electrons. The molecule has 0 saturated carbocycles. The second-order valence-electron chi connectivity index (χ2n) is 5.39. The summed E-state index contributed by atoms with van der Waals surface area (Å²) in [6.07, 6.45) is 3.79. The predicted octanol–water partition coefficient (Wildman–Crippen LogP) is 1.71. The maximum absolute atomic E-state index is 12.4. The van der Waals surface area contributed by atoms with Crippen LogP contribution in [0.4, 0.5) is 0 Å². The fraction of sp³-hybridized carbons (Fsp3) is 0.467. The first kappa shape index (κ1) is 14.3. The van der Waals surface area contributed by atoms with Crippen LogP contribution < -0.4 is 0 Å². The summed E-state index contributed by atoms with van der Waals surface area (Å²) >= 11 is 1.54. The third kappa shape index (κ3) is 3.51. The van der Waals surface area contributed by atoms with E-state index in [4.69, 9.17) is 0 Å². The van der Waals surface area contributed by atoms with Gasteiger partial charge in [0.05, 0.1) is 11.4 Å². The van der Waals surface area contributed by atoms with E-state index in [9.17, 15) is 4.79 Å². The summed E-state index contributed by atoms with van der Waals surface area (Å²) in [5.74, 6) is 0.180. The van der Waals surface area contributed by atoms with E-state index in [1.807, 2.05) is 40.2 Å². The van der Waals surface area contributed by atoms with Crippen LogP contribution in [0.5, 0.6) is 0 Å². The zero-order valence-corrected chi connectivity index (χ0v) is 13.1. The average molecular weight is 304 g/mol. The second kappa shape index (κ2) is 6.41. The van der Waals surface area contributed by atoms with Crippen LogP contribution in [0.3, 0.4) is 0 Å². The second-order valence-corrected chi connectivity index (χ2v) is 6.30. The molecule has 5 nitrogen and oxygen atoms in total. The highest BCUT2D eigenvalue weighted by Gasteiger charge is 2.22. The molecule has 0 atom stereocenters. The van der Waals surface area contributed by atoms with Crippen molar-refractivity contribution in [2.45, 2.75) is 13.5 Å². The Labute approximate surface area is 128 Å². The molecular formula is C15H20N4OS. The van der Waals surface area contributed by atoms with Gasteiger partial charge in [0.25, 0.3) is 5.91 Å². The number of piperazine rings is 1. The molecule has 0 aromatic carbocycles. The number of hydrogen-bond acceptors (Lipinski definition) is 4. The number of carbonyl (C=O) groups is 1. The Balaban J connectivity index is 1.47. The summed E-state index contributed by atoms with van der Waals surface area (Å²) in [6.45, 7) is 7.44. The Hall–Kier alpha value is -1.66. The van der Waals surface area contributed by atoms with Crippen LogP contribution in [0.25, 0.3) is 0 Å². The smallest absolute Gasteiger partial charge is 0.264 e. The van der Waals surface area contributed by atoms with E-state index in [1.165, 1.54) is 5.56 Å². The molecule has 2 aromatic rings. The van der Waals surface area contributed by atoms with Gasteiger partial charge in [-0.15, -0.1) is 11.3 Å². The van der Waals surface area contributed by atoms with Gasteiger partial charge in [0.1, 0.15) is 0 Å². The molecule has 1 aliphatic rings. The van der Waals surface area contributed by atoms with Gasteiger partial charge in [0, 0.05) is 45.1 Å². The fourth-order valence-corrected chi connectivity index (χ4v) is 3.42. The van der Waals surface area contributed by atoms with Gasteiger partial charge in [-0.25, -0.2) is 0 Å². The van der Waals surface area contributed by atoms with E-state index in [-0.39, 0.29) is 5.91 Å². The lowest BCUT2D eigenvalue weighted by Gasteiger charge is -2.34. The Morgan fingerprint density at radius 3 is 2.71 bits per heavy atom. The summed E-state index contributed by atoms with van der Waals surface area (Å²) in [6, 6.07) is 3.93. The van der Waals surface area contributed by atoms with Crippen molar-refractivity contribution in [1.82, 2.24) is 19.6 Å². The Morgan fingerprint density at radius 1 is 1.29 bits per heavy atom. The molecule has 0 bridgehead atoms. The lowest BCUT2D eigenvalue weighted by Crippen LogP contribution is -2.49. The Bertz CT molecular complexity index is 585. The third-order valence-corrected chi connectivity index (χ3v) is 4.84. The number of hydrogen-bond donors (Lipinski definition) is 0. The van der Waals surface area contributed by atoms with Crippen LogP contribution in [0.15, 0.2) is 29.9 Å². The van der Waals surface area contributed by atoms with Gasteiger partial charge in [0.15, 0.2) is 0 Å². The van der Waals surface area contributed by atoms with Crippen molar-refractivity contribution in [2.24, 2.45) is 0 Å². The fourth-order valence-electron chi connectivity index (χ4n) is 2.55. The van der Waals surface area contributed by atoms with Crippen LogP contribution in [0, 0.1) is 6.92 Å². The molecule has 0 N–H and O–H groups in total. The molecule has 1 amide bonds. The Morgan fingerprint density at radius 2 is 2.10 bits per heavy atom. The van der Waals surface area contributed by atoms with Crippen LogP contribution in [-0.2, 0) is 6.54 Å². The van der Waals surface area contributed by atoms with Crippen LogP contribution in [0.2, 0.25) is 0 Å². The van der Waals surface area contributed by atoms with E-state index >= 15 is 0 Å². The highest BCUT2D eigenvalue weighted by atomic mass is 32.1. The predicted molar refractivity (Wildman–Crippen MR) is 83.6 cm³/mol. The zero-order chi connectivity index (χ0) is 14.7. The normalized spacial score (nSPS) is 16.3. The lowest BCUT2D eigenvalue weighted by atomic mass is 10.2. The van der Waals surface area contributed by atoms with E-state index < -0.39 is 0 Å². The zero-order valence-electron chi connectivity index (χ0n) is 12.2. The van der Waals surface area contributed by atoms with E-state index in [0.717, 1.165) is 44.1 Å². The maximum Gasteiger partial charge on any atom is 0.264 e. The number of nitrogens with zero attached hydrogens (tertiary/aromatic N) is 4. The van der Waals surface area contributed by atoms with Crippen molar-refractivity contribution in [2.75, 3.05) is 32.7 Å². The minimum absolute atomic E-state index is 0.180. The summed E-state index contributed by atoms with van der Waals surface area (Å²) in [5, 5.41) is 6.25. The highest BCUT2D eigenvalue weighted by Crippen LogP contribution is 2.17. The molecule has 2 aromatic heterocycles. The number of carbonyl (C=O) groups excluding carboxylic acids is 1. The van der Waals surface area contributed by atoms with Crippen LogP contribution >= 0.6 is 11.3 Å². The van der Waals surface area contributed by atoms with Gasteiger partial charge in [0.2, 0.25) is 0 Å². The van der Waals surface area contributed by atoms with E-state index in [0.29, 0.717) is 0 Å². The van der Waals surface area contributed by atoms with Crippen molar-refractivity contribution in [1.29, 1.82) is 0 Å². The largest absolute Gasteiger partial charge is 0.335 e. The third-order valence-electron chi connectivity index (χ3n) is 3.81. The number of aromatic nitrogens is 2. The summed E-state index contributed by atoms with van der Waals surface area (Å²) in [4.78, 5) is 17.6. The first-order valence-corrected chi connectivity index (χ1v) is 8.14. The summed E-state index contributed by atoms with van der Waals surface area (Å²) in [5.41, 5.74) is 1.17. The first-order valence-electron chi connectivity index (χ1n) is 7.26. The molecule has 0 spiro atoms. The van der Waals surface area contributed by atoms with Crippen molar-refractivity contribution < 1.29 is 4.79 Å². The first-order chi connectivity index (χ1) is 10.2. The molecule has 21 heavy (non-hydrogen) atoms. The van der Waals surface area contributed by atoms with Crippen molar-refractivity contribution >= 4 is 17.2 Å².